The number of benzene rings is 2. The molecule has 2 aromatic rings. The summed E-state index contributed by atoms with van der Waals surface area (Å²) in [5.41, 5.74) is 5.71. The van der Waals surface area contributed by atoms with E-state index < -0.39 is 0 Å². The lowest BCUT2D eigenvalue weighted by atomic mass is 9.62. The maximum atomic E-state index is 13.0. The molecule has 188 valence electrons. The van der Waals surface area contributed by atoms with Crippen molar-refractivity contribution in [2.75, 3.05) is 32.7 Å². The van der Waals surface area contributed by atoms with Crippen LogP contribution in [0.25, 0.3) is 0 Å². The summed E-state index contributed by atoms with van der Waals surface area (Å²) in [6.07, 6.45) is 8.10. The molecule has 4 atom stereocenters. The fraction of sp³-hybridized carbons (Fsp3) is 0.469. The van der Waals surface area contributed by atoms with Gasteiger partial charge in [0.1, 0.15) is 6.10 Å². The lowest BCUT2D eigenvalue weighted by molar-refractivity contribution is -0.145. The van der Waals surface area contributed by atoms with Crippen LogP contribution >= 0.6 is 0 Å². The Labute approximate surface area is 215 Å². The van der Waals surface area contributed by atoms with E-state index in [1.807, 2.05) is 0 Å². The van der Waals surface area contributed by atoms with Crippen molar-refractivity contribution >= 4 is 5.97 Å². The topological polar surface area (TPSA) is 32.8 Å². The fourth-order valence-electron chi connectivity index (χ4n) is 7.20. The van der Waals surface area contributed by atoms with Gasteiger partial charge >= 0.3 is 5.97 Å². The van der Waals surface area contributed by atoms with E-state index in [-0.39, 0.29) is 35.4 Å². The molecule has 2 aliphatic heterocycles. The Balaban J connectivity index is 1.16. The van der Waals surface area contributed by atoms with Gasteiger partial charge in [-0.1, -0.05) is 85.3 Å². The largest absolute Gasteiger partial charge is 0.461 e. The predicted molar refractivity (Wildman–Crippen MR) is 143 cm³/mol. The molecule has 2 aromatic carbocycles. The molecule has 4 aliphatic rings. The Kier molecular flexibility index (Phi) is 6.35. The van der Waals surface area contributed by atoms with E-state index in [1.54, 1.807) is 0 Å². The first kappa shape index (κ1) is 23.7. The van der Waals surface area contributed by atoms with Crippen LogP contribution in [-0.2, 0) is 9.53 Å². The van der Waals surface area contributed by atoms with Gasteiger partial charge in [0, 0.05) is 38.6 Å². The van der Waals surface area contributed by atoms with Crippen molar-refractivity contribution in [3.63, 3.8) is 0 Å². The number of nitrogens with zero attached hydrogens (tertiary/aromatic N) is 2. The number of carbonyl (C=O) groups excluding carboxylic acids is 1. The van der Waals surface area contributed by atoms with Crippen molar-refractivity contribution in [1.29, 1.82) is 0 Å². The average Bonchev–Trinajstić information content (AvgIpc) is 3.18. The van der Waals surface area contributed by atoms with Crippen molar-refractivity contribution in [1.82, 2.24) is 9.80 Å². The molecule has 2 heterocycles. The van der Waals surface area contributed by atoms with E-state index in [1.165, 1.54) is 22.3 Å². The first-order chi connectivity index (χ1) is 17.5. The fourth-order valence-corrected chi connectivity index (χ4v) is 7.20. The molecule has 0 N–H and O–H groups in total. The Morgan fingerprint density at radius 3 is 2.25 bits per heavy atom. The van der Waals surface area contributed by atoms with E-state index in [9.17, 15) is 4.79 Å². The second kappa shape index (κ2) is 9.64. The quantitative estimate of drug-likeness (QED) is 0.517. The van der Waals surface area contributed by atoms with Gasteiger partial charge in [-0.15, -0.1) is 0 Å². The molecule has 6 rings (SSSR count). The highest BCUT2D eigenvalue weighted by molar-refractivity contribution is 5.76. The molecule has 4 heteroatoms. The molecule has 0 radical (unpaired) electrons. The lowest BCUT2D eigenvalue weighted by Crippen LogP contribution is -2.50. The monoisotopic (exact) mass is 482 g/mol. The number of hydrogen-bond acceptors (Lipinski definition) is 4. The Hall–Kier alpha value is -2.69. The highest BCUT2D eigenvalue weighted by atomic mass is 16.6. The van der Waals surface area contributed by atoms with E-state index in [0.29, 0.717) is 0 Å². The van der Waals surface area contributed by atoms with Gasteiger partial charge in [-0.2, -0.15) is 0 Å². The molecule has 36 heavy (non-hydrogen) atoms. The number of rotatable bonds is 5. The number of allylic oxidation sites excluding steroid dienone is 3. The van der Waals surface area contributed by atoms with Gasteiger partial charge in [0.15, 0.2) is 0 Å². The van der Waals surface area contributed by atoms with Gasteiger partial charge in [-0.25, -0.2) is 0 Å². The molecule has 4 nitrogen and oxygen atoms in total. The summed E-state index contributed by atoms with van der Waals surface area (Å²) < 4.78 is 6.00. The second-order valence-corrected chi connectivity index (χ2v) is 11.5. The Morgan fingerprint density at radius 1 is 0.972 bits per heavy atom. The van der Waals surface area contributed by atoms with Gasteiger partial charge in [0.05, 0.1) is 12.0 Å². The van der Waals surface area contributed by atoms with Crippen molar-refractivity contribution < 1.29 is 9.53 Å². The van der Waals surface area contributed by atoms with Gasteiger partial charge in [0.2, 0.25) is 0 Å². The first-order valence-electron chi connectivity index (χ1n) is 13.7. The average molecular weight is 483 g/mol. The van der Waals surface area contributed by atoms with Crippen LogP contribution in [0.4, 0.5) is 0 Å². The molecular weight excluding hydrogens is 444 g/mol. The molecule has 2 aliphatic carbocycles. The van der Waals surface area contributed by atoms with Gasteiger partial charge < -0.3 is 4.74 Å². The zero-order chi connectivity index (χ0) is 24.7. The van der Waals surface area contributed by atoms with Crippen LogP contribution in [0.5, 0.6) is 0 Å². The third-order valence-corrected chi connectivity index (χ3v) is 9.15. The van der Waals surface area contributed by atoms with Crippen LogP contribution in [0.1, 0.15) is 50.3 Å². The predicted octanol–water partition coefficient (Wildman–Crippen LogP) is 5.63. The van der Waals surface area contributed by atoms with Crippen molar-refractivity contribution in [3.05, 3.63) is 95.1 Å². The standard InChI is InChI=1S/C32H38N2O2/c1-23-10-9-15-32(2)21-29-26(20-28(23)32)27(31(35)36-29)22-33-16-18-34(19-17-33)30(24-11-5-3-6-12-24)25-13-7-4-8-14-25/h3-8,10-14,20,26-27,29-30H,9,15-19,21-22H2,1-2H3. The lowest BCUT2D eigenvalue weighted by Gasteiger charge is -2.43. The van der Waals surface area contributed by atoms with E-state index in [4.69, 9.17) is 4.74 Å². The Bertz CT molecular complexity index is 1110. The first-order valence-corrected chi connectivity index (χ1v) is 13.7. The minimum Gasteiger partial charge on any atom is -0.461 e. The zero-order valence-electron chi connectivity index (χ0n) is 21.6. The third-order valence-electron chi connectivity index (χ3n) is 9.15. The van der Waals surface area contributed by atoms with Crippen LogP contribution in [0, 0.1) is 17.3 Å². The number of fused-ring (bicyclic) bond motifs is 2. The molecular formula is C32H38N2O2. The van der Waals surface area contributed by atoms with Gasteiger partial charge in [0.25, 0.3) is 0 Å². The van der Waals surface area contributed by atoms with Gasteiger partial charge in [-0.05, 0) is 48.3 Å². The summed E-state index contributed by atoms with van der Waals surface area (Å²) in [5.74, 6) is 0.174. The summed E-state index contributed by atoms with van der Waals surface area (Å²) in [4.78, 5) is 18.1. The summed E-state index contributed by atoms with van der Waals surface area (Å²) in [6, 6.07) is 21.9. The number of carbonyl (C=O) groups is 1. The Morgan fingerprint density at radius 2 is 1.61 bits per heavy atom. The second-order valence-electron chi connectivity index (χ2n) is 11.5. The van der Waals surface area contributed by atoms with Crippen molar-refractivity contribution in [2.45, 2.75) is 45.3 Å². The molecule has 2 fully saturated rings. The molecule has 0 aromatic heterocycles. The summed E-state index contributed by atoms with van der Waals surface area (Å²) in [7, 11) is 0. The van der Waals surface area contributed by atoms with Crippen molar-refractivity contribution in [2.24, 2.45) is 17.3 Å². The number of piperazine rings is 1. The van der Waals surface area contributed by atoms with Crippen LogP contribution in [0.3, 0.4) is 0 Å². The number of ether oxygens (including phenoxy) is 1. The van der Waals surface area contributed by atoms with Gasteiger partial charge in [-0.3, -0.25) is 14.6 Å². The minimum atomic E-state index is -0.0487. The molecule has 0 spiro atoms. The maximum Gasteiger partial charge on any atom is 0.311 e. The zero-order valence-corrected chi connectivity index (χ0v) is 21.6. The van der Waals surface area contributed by atoms with Crippen LogP contribution in [-0.4, -0.2) is 54.6 Å². The summed E-state index contributed by atoms with van der Waals surface area (Å²) in [6.45, 7) is 9.34. The van der Waals surface area contributed by atoms with E-state index in [0.717, 1.165) is 52.0 Å². The number of hydrogen-bond donors (Lipinski definition) is 0. The SMILES string of the molecule is CC1=CCCC2(C)CC3OC(=O)C(CN4CCN(C(c5ccccc5)c5ccccc5)CC4)C3C=C12. The van der Waals surface area contributed by atoms with Crippen LogP contribution < -0.4 is 0 Å². The molecule has 0 amide bonds. The highest BCUT2D eigenvalue weighted by Gasteiger charge is 2.51. The highest BCUT2D eigenvalue weighted by Crippen LogP contribution is 2.52. The smallest absolute Gasteiger partial charge is 0.311 e. The normalized spacial score (nSPS) is 30.9. The third kappa shape index (κ3) is 4.35. The van der Waals surface area contributed by atoms with E-state index >= 15 is 0 Å². The number of esters is 1. The summed E-state index contributed by atoms with van der Waals surface area (Å²) >= 11 is 0. The molecule has 0 bridgehead atoms. The molecule has 0 saturated carbocycles. The molecule has 2 saturated heterocycles. The van der Waals surface area contributed by atoms with Crippen LogP contribution in [0.15, 0.2) is 84.0 Å². The minimum absolute atomic E-state index is 0.0135. The van der Waals surface area contributed by atoms with E-state index in [2.05, 4.69) is 96.5 Å². The summed E-state index contributed by atoms with van der Waals surface area (Å²) in [5, 5.41) is 0. The molecule has 4 unspecified atom stereocenters. The van der Waals surface area contributed by atoms with Crippen molar-refractivity contribution in [3.8, 4) is 0 Å². The maximum absolute atomic E-state index is 13.0. The van der Waals surface area contributed by atoms with Crippen LogP contribution in [0.2, 0.25) is 0 Å².